The molecule has 0 aliphatic carbocycles. The van der Waals surface area contributed by atoms with E-state index < -0.39 is 0 Å². The van der Waals surface area contributed by atoms with E-state index in [1.165, 1.54) is 18.0 Å². The highest BCUT2D eigenvalue weighted by Crippen LogP contribution is 2.18. The van der Waals surface area contributed by atoms with Crippen molar-refractivity contribution in [1.82, 2.24) is 5.32 Å². The number of benzene rings is 1. The second kappa shape index (κ2) is 5.80. The van der Waals surface area contributed by atoms with E-state index >= 15 is 0 Å². The number of hydrogen-bond acceptors (Lipinski definition) is 5. The Balaban J connectivity index is 2.17. The standard InChI is InChI=1S/C11H7BrN4OS/c12-9-3-1-2-7(8(9)4-13)5-14-16-11-15-10(17)6-18-11/h1-3,5H,6H2,(H,15,16,17). The molecule has 0 unspecified atom stereocenters. The van der Waals surface area contributed by atoms with Gasteiger partial charge in [-0.15, -0.1) is 5.10 Å². The molecule has 1 aromatic carbocycles. The van der Waals surface area contributed by atoms with E-state index in [2.05, 4.69) is 37.5 Å². The predicted molar refractivity (Wildman–Crippen MR) is 74.5 cm³/mol. The SMILES string of the molecule is N#Cc1c(Br)cccc1C=NN=C1NC(=O)CS1. The second-order valence-corrected chi connectivity index (χ2v) is 5.12. The first-order chi connectivity index (χ1) is 8.70. The van der Waals surface area contributed by atoms with Crippen LogP contribution in [0.3, 0.4) is 0 Å². The van der Waals surface area contributed by atoms with Gasteiger partial charge in [0.05, 0.1) is 17.5 Å². The van der Waals surface area contributed by atoms with Crippen molar-refractivity contribution in [2.45, 2.75) is 0 Å². The van der Waals surface area contributed by atoms with E-state index in [4.69, 9.17) is 5.26 Å². The molecule has 0 radical (unpaired) electrons. The molecule has 7 heteroatoms. The van der Waals surface area contributed by atoms with Crippen molar-refractivity contribution in [2.24, 2.45) is 10.2 Å². The molecule has 1 heterocycles. The number of rotatable bonds is 2. The third-order valence-electron chi connectivity index (χ3n) is 2.09. The molecule has 1 fully saturated rings. The summed E-state index contributed by atoms with van der Waals surface area (Å²) in [6, 6.07) is 7.46. The largest absolute Gasteiger partial charge is 0.303 e. The molecule has 90 valence electrons. The van der Waals surface area contributed by atoms with Crippen LogP contribution in [0.15, 0.2) is 32.9 Å². The summed E-state index contributed by atoms with van der Waals surface area (Å²) in [7, 11) is 0. The summed E-state index contributed by atoms with van der Waals surface area (Å²) in [5.41, 5.74) is 1.18. The maximum absolute atomic E-state index is 10.9. The molecule has 0 bridgehead atoms. The van der Waals surface area contributed by atoms with Crippen molar-refractivity contribution < 1.29 is 4.79 Å². The van der Waals surface area contributed by atoms with Crippen LogP contribution < -0.4 is 5.32 Å². The monoisotopic (exact) mass is 322 g/mol. The molecular formula is C11H7BrN4OS. The first-order valence-corrected chi connectivity index (χ1v) is 6.71. The van der Waals surface area contributed by atoms with Crippen LogP contribution in [-0.4, -0.2) is 23.0 Å². The predicted octanol–water partition coefficient (Wildman–Crippen LogP) is 1.87. The van der Waals surface area contributed by atoms with Gasteiger partial charge < -0.3 is 5.32 Å². The number of nitriles is 1. The van der Waals surface area contributed by atoms with E-state index in [0.717, 1.165) is 0 Å². The molecular weight excluding hydrogens is 316 g/mol. The molecule has 0 atom stereocenters. The van der Waals surface area contributed by atoms with Gasteiger partial charge in [-0.3, -0.25) is 4.79 Å². The zero-order valence-electron chi connectivity index (χ0n) is 9.05. The van der Waals surface area contributed by atoms with Gasteiger partial charge in [0.1, 0.15) is 6.07 Å². The van der Waals surface area contributed by atoms with E-state index in [1.54, 1.807) is 12.1 Å². The molecule has 5 nitrogen and oxygen atoms in total. The van der Waals surface area contributed by atoms with Gasteiger partial charge in [-0.1, -0.05) is 23.9 Å². The number of amidine groups is 1. The number of nitrogens with one attached hydrogen (secondary N) is 1. The summed E-state index contributed by atoms with van der Waals surface area (Å²) in [5.74, 6) is 0.295. The number of carbonyl (C=O) groups excluding carboxylic acids is 1. The molecule has 1 aromatic rings. The van der Waals surface area contributed by atoms with Gasteiger partial charge >= 0.3 is 0 Å². The third kappa shape index (κ3) is 2.97. The Morgan fingerprint density at radius 2 is 2.39 bits per heavy atom. The zero-order chi connectivity index (χ0) is 13.0. The lowest BCUT2D eigenvalue weighted by atomic mass is 10.1. The quantitative estimate of drug-likeness (QED) is 0.667. The minimum Gasteiger partial charge on any atom is -0.303 e. The van der Waals surface area contributed by atoms with Crippen molar-refractivity contribution in [3.63, 3.8) is 0 Å². The second-order valence-electron chi connectivity index (χ2n) is 3.30. The molecule has 18 heavy (non-hydrogen) atoms. The molecule has 0 saturated carbocycles. The van der Waals surface area contributed by atoms with Gasteiger partial charge in [0.25, 0.3) is 0 Å². The van der Waals surface area contributed by atoms with Crippen LogP contribution in [0, 0.1) is 11.3 Å². The molecule has 0 aromatic heterocycles. The minimum atomic E-state index is -0.0749. The van der Waals surface area contributed by atoms with Crippen LogP contribution in [0.1, 0.15) is 11.1 Å². The summed E-state index contributed by atoms with van der Waals surface area (Å²) in [6.45, 7) is 0. The van der Waals surface area contributed by atoms with Gasteiger partial charge in [0.15, 0.2) is 5.17 Å². The number of amides is 1. The fraction of sp³-hybridized carbons (Fsp3) is 0.0909. The first-order valence-electron chi connectivity index (χ1n) is 4.93. The van der Waals surface area contributed by atoms with Gasteiger partial charge in [-0.2, -0.15) is 10.4 Å². The zero-order valence-corrected chi connectivity index (χ0v) is 11.5. The van der Waals surface area contributed by atoms with Crippen molar-refractivity contribution in [2.75, 3.05) is 5.75 Å². The van der Waals surface area contributed by atoms with Crippen LogP contribution in [0.2, 0.25) is 0 Å². The van der Waals surface area contributed by atoms with Gasteiger partial charge in [0.2, 0.25) is 5.91 Å². The smallest absolute Gasteiger partial charge is 0.236 e. The Morgan fingerprint density at radius 1 is 1.56 bits per heavy atom. The minimum absolute atomic E-state index is 0.0749. The number of nitrogens with zero attached hydrogens (tertiary/aromatic N) is 3. The molecule has 1 amide bonds. The lowest BCUT2D eigenvalue weighted by molar-refractivity contribution is -0.116. The number of hydrogen-bond donors (Lipinski definition) is 1. The molecule has 2 rings (SSSR count). The summed E-state index contributed by atoms with van der Waals surface area (Å²) < 4.78 is 0.713. The topological polar surface area (TPSA) is 77.6 Å². The highest BCUT2D eigenvalue weighted by atomic mass is 79.9. The Labute approximate surface area is 116 Å². The van der Waals surface area contributed by atoms with Crippen LogP contribution in [-0.2, 0) is 4.79 Å². The molecule has 1 saturated heterocycles. The lowest BCUT2D eigenvalue weighted by Gasteiger charge is -1.98. The van der Waals surface area contributed by atoms with Gasteiger partial charge in [-0.25, -0.2) is 0 Å². The Hall–Kier alpha value is -1.65. The normalized spacial score (nSPS) is 17.1. The Kier molecular flexibility index (Phi) is 4.12. The van der Waals surface area contributed by atoms with Crippen LogP contribution >= 0.6 is 27.7 Å². The molecule has 0 spiro atoms. The summed E-state index contributed by atoms with van der Waals surface area (Å²) in [4.78, 5) is 10.9. The van der Waals surface area contributed by atoms with Crippen molar-refractivity contribution in [3.05, 3.63) is 33.8 Å². The Morgan fingerprint density at radius 3 is 3.06 bits per heavy atom. The fourth-order valence-corrected chi connectivity index (χ4v) is 2.39. The van der Waals surface area contributed by atoms with Crippen LogP contribution in [0.4, 0.5) is 0 Å². The van der Waals surface area contributed by atoms with Gasteiger partial charge in [0, 0.05) is 10.0 Å². The Bertz CT molecular complexity index is 591. The molecule has 1 N–H and O–H groups in total. The van der Waals surface area contributed by atoms with E-state index in [-0.39, 0.29) is 5.91 Å². The van der Waals surface area contributed by atoms with Crippen molar-refractivity contribution in [1.29, 1.82) is 5.26 Å². The maximum atomic E-state index is 10.9. The van der Waals surface area contributed by atoms with Crippen LogP contribution in [0.25, 0.3) is 0 Å². The number of thioether (sulfide) groups is 1. The van der Waals surface area contributed by atoms with E-state index in [1.807, 2.05) is 6.07 Å². The van der Waals surface area contributed by atoms with E-state index in [0.29, 0.717) is 26.5 Å². The van der Waals surface area contributed by atoms with Crippen LogP contribution in [0.5, 0.6) is 0 Å². The average Bonchev–Trinajstić information content (AvgIpc) is 2.75. The van der Waals surface area contributed by atoms with Crippen molar-refractivity contribution in [3.8, 4) is 6.07 Å². The highest BCUT2D eigenvalue weighted by Gasteiger charge is 2.15. The van der Waals surface area contributed by atoms with Crippen molar-refractivity contribution >= 4 is 45.0 Å². The van der Waals surface area contributed by atoms with E-state index in [9.17, 15) is 4.79 Å². The lowest BCUT2D eigenvalue weighted by Crippen LogP contribution is -2.19. The average molecular weight is 323 g/mol. The summed E-state index contributed by atoms with van der Waals surface area (Å²) >= 11 is 4.59. The summed E-state index contributed by atoms with van der Waals surface area (Å²) in [5, 5.41) is 19.8. The third-order valence-corrected chi connectivity index (χ3v) is 3.61. The highest BCUT2D eigenvalue weighted by molar-refractivity contribution is 9.10. The molecule has 1 aliphatic rings. The molecule has 1 aliphatic heterocycles. The fourth-order valence-electron chi connectivity index (χ4n) is 1.29. The van der Waals surface area contributed by atoms with Gasteiger partial charge in [-0.05, 0) is 22.0 Å². The summed E-state index contributed by atoms with van der Waals surface area (Å²) in [6.07, 6.45) is 1.49. The number of carbonyl (C=O) groups is 1. The number of halogens is 1. The first kappa shape index (κ1) is 12.8. The maximum Gasteiger partial charge on any atom is 0.236 e.